The number of rotatable bonds is 4. The summed E-state index contributed by atoms with van der Waals surface area (Å²) in [4.78, 5) is 34.5. The molecular weight excluding hydrogens is 362 g/mol. The molecule has 1 amide bonds. The van der Waals surface area contributed by atoms with E-state index in [2.05, 4.69) is 9.88 Å². The van der Waals surface area contributed by atoms with Gasteiger partial charge in [-0.2, -0.15) is 0 Å². The van der Waals surface area contributed by atoms with Gasteiger partial charge in [0.2, 0.25) is 0 Å². The molecule has 2 fully saturated rings. The van der Waals surface area contributed by atoms with Crippen molar-refractivity contribution in [3.05, 3.63) is 46.3 Å². The lowest BCUT2D eigenvalue weighted by atomic mass is 9.93. The molecule has 1 atom stereocenters. The Kier molecular flexibility index (Phi) is 5.50. The minimum absolute atomic E-state index is 0.00161. The molecule has 2 aromatic heterocycles. The summed E-state index contributed by atoms with van der Waals surface area (Å²) in [6.45, 7) is 3.99. The van der Waals surface area contributed by atoms with Crippen LogP contribution in [-0.2, 0) is 4.74 Å². The van der Waals surface area contributed by atoms with Crippen LogP contribution >= 0.6 is 11.3 Å². The number of amides is 1. The number of Topliss-reactive ketones (excluding diaryl/α,β-unsaturated/α-hetero) is 1. The summed E-state index contributed by atoms with van der Waals surface area (Å²) in [5.41, 5.74) is 0.601. The zero-order valence-electron chi connectivity index (χ0n) is 15.2. The Morgan fingerprint density at radius 1 is 1.15 bits per heavy atom. The summed E-state index contributed by atoms with van der Waals surface area (Å²) in [5, 5.41) is 1.94. The molecule has 7 heteroatoms. The summed E-state index contributed by atoms with van der Waals surface area (Å²) in [6, 6.07) is 7.55. The van der Waals surface area contributed by atoms with Gasteiger partial charge in [0.25, 0.3) is 5.91 Å². The fourth-order valence-electron chi connectivity index (χ4n) is 3.67. The van der Waals surface area contributed by atoms with Crippen LogP contribution in [0.3, 0.4) is 0 Å². The predicted octanol–water partition coefficient (Wildman–Crippen LogP) is 2.71. The van der Waals surface area contributed by atoms with Crippen LogP contribution in [0.1, 0.15) is 32.9 Å². The van der Waals surface area contributed by atoms with Gasteiger partial charge in [-0.1, -0.05) is 6.07 Å². The van der Waals surface area contributed by atoms with Gasteiger partial charge in [-0.05, 0) is 36.4 Å². The van der Waals surface area contributed by atoms with Gasteiger partial charge in [-0.3, -0.25) is 9.59 Å². The number of pyridine rings is 1. The van der Waals surface area contributed by atoms with E-state index in [9.17, 15) is 9.59 Å². The fourth-order valence-corrected chi connectivity index (χ4v) is 4.41. The van der Waals surface area contributed by atoms with Gasteiger partial charge >= 0.3 is 0 Å². The predicted molar refractivity (Wildman–Crippen MR) is 105 cm³/mol. The molecule has 0 saturated carbocycles. The number of piperidine rings is 1. The molecule has 27 heavy (non-hydrogen) atoms. The van der Waals surface area contributed by atoms with Crippen LogP contribution in [0.2, 0.25) is 0 Å². The minimum atomic E-state index is 0.00161. The number of anilines is 1. The number of aromatic nitrogens is 1. The number of morpholine rings is 1. The van der Waals surface area contributed by atoms with Crippen LogP contribution in [0.25, 0.3) is 0 Å². The van der Waals surface area contributed by atoms with Gasteiger partial charge in [0.1, 0.15) is 5.82 Å². The lowest BCUT2D eigenvalue weighted by Gasteiger charge is -2.33. The van der Waals surface area contributed by atoms with Crippen LogP contribution in [0.4, 0.5) is 5.82 Å². The first-order valence-electron chi connectivity index (χ1n) is 9.38. The van der Waals surface area contributed by atoms with Crippen molar-refractivity contribution in [2.24, 2.45) is 5.92 Å². The van der Waals surface area contributed by atoms with E-state index in [1.807, 2.05) is 29.6 Å². The molecule has 0 radical (unpaired) electrons. The molecule has 2 aliphatic rings. The third-order valence-electron chi connectivity index (χ3n) is 5.17. The van der Waals surface area contributed by atoms with Crippen molar-refractivity contribution < 1.29 is 14.3 Å². The number of ether oxygens (including phenoxy) is 1. The summed E-state index contributed by atoms with van der Waals surface area (Å²) >= 11 is 1.51. The first-order valence-corrected chi connectivity index (χ1v) is 10.3. The van der Waals surface area contributed by atoms with Crippen molar-refractivity contribution in [2.75, 3.05) is 44.3 Å². The molecule has 6 nitrogen and oxygen atoms in total. The van der Waals surface area contributed by atoms with E-state index in [0.29, 0.717) is 38.4 Å². The second-order valence-electron chi connectivity index (χ2n) is 6.94. The fraction of sp³-hybridized carbons (Fsp3) is 0.450. The van der Waals surface area contributed by atoms with Crippen molar-refractivity contribution >= 4 is 28.8 Å². The Bertz CT molecular complexity index is 785. The highest BCUT2D eigenvalue weighted by Gasteiger charge is 2.28. The highest BCUT2D eigenvalue weighted by Crippen LogP contribution is 2.26. The van der Waals surface area contributed by atoms with Crippen molar-refractivity contribution in [3.63, 3.8) is 0 Å². The van der Waals surface area contributed by atoms with E-state index in [4.69, 9.17) is 4.74 Å². The Morgan fingerprint density at radius 3 is 2.70 bits per heavy atom. The number of ketones is 1. The largest absolute Gasteiger partial charge is 0.378 e. The third kappa shape index (κ3) is 4.04. The molecule has 4 heterocycles. The third-order valence-corrected chi connectivity index (χ3v) is 6.06. The molecule has 2 aliphatic heterocycles. The maximum atomic E-state index is 12.7. The highest BCUT2D eigenvalue weighted by atomic mass is 32.1. The SMILES string of the molecule is O=C(c1cccs1)C1CCCN(c2ccc(C(=O)N3CCOCC3)cn2)C1. The molecule has 0 aromatic carbocycles. The van der Waals surface area contributed by atoms with Gasteiger partial charge in [0, 0.05) is 38.3 Å². The normalized spacial score (nSPS) is 20.5. The highest BCUT2D eigenvalue weighted by molar-refractivity contribution is 7.12. The van der Waals surface area contributed by atoms with E-state index < -0.39 is 0 Å². The van der Waals surface area contributed by atoms with Gasteiger partial charge in [0.05, 0.1) is 23.7 Å². The van der Waals surface area contributed by atoms with Crippen LogP contribution < -0.4 is 4.90 Å². The molecule has 4 rings (SSSR count). The van der Waals surface area contributed by atoms with Gasteiger partial charge in [0.15, 0.2) is 5.78 Å². The minimum Gasteiger partial charge on any atom is -0.378 e. The van der Waals surface area contributed by atoms with Crippen molar-refractivity contribution in [1.29, 1.82) is 0 Å². The van der Waals surface area contributed by atoms with Gasteiger partial charge < -0.3 is 14.5 Å². The van der Waals surface area contributed by atoms with E-state index >= 15 is 0 Å². The zero-order chi connectivity index (χ0) is 18.6. The Labute approximate surface area is 162 Å². The van der Waals surface area contributed by atoms with Crippen molar-refractivity contribution in [1.82, 2.24) is 9.88 Å². The summed E-state index contributed by atoms with van der Waals surface area (Å²) in [6.07, 6.45) is 3.54. The summed E-state index contributed by atoms with van der Waals surface area (Å²) in [5.74, 6) is 1.07. The summed E-state index contributed by atoms with van der Waals surface area (Å²) in [7, 11) is 0. The monoisotopic (exact) mass is 385 g/mol. The van der Waals surface area contributed by atoms with Crippen LogP contribution in [0, 0.1) is 5.92 Å². The Morgan fingerprint density at radius 2 is 2.00 bits per heavy atom. The van der Waals surface area contributed by atoms with Crippen LogP contribution in [0.15, 0.2) is 35.8 Å². The lowest BCUT2D eigenvalue weighted by Crippen LogP contribution is -2.41. The second-order valence-corrected chi connectivity index (χ2v) is 7.88. The number of thiophene rings is 1. The van der Waals surface area contributed by atoms with Crippen molar-refractivity contribution in [2.45, 2.75) is 12.8 Å². The first-order chi connectivity index (χ1) is 13.2. The number of hydrogen-bond acceptors (Lipinski definition) is 6. The Balaban J connectivity index is 1.42. The molecule has 0 bridgehead atoms. The standard InChI is InChI=1S/C20H23N3O3S/c24-19(17-4-2-12-27-17)16-3-1-7-23(14-16)18-6-5-15(13-21-18)20(25)22-8-10-26-11-9-22/h2,4-6,12-13,16H,1,3,7-11,14H2. The molecule has 142 valence electrons. The second kappa shape index (κ2) is 8.19. The average Bonchev–Trinajstić information content (AvgIpc) is 3.28. The quantitative estimate of drug-likeness (QED) is 0.758. The number of hydrogen-bond donors (Lipinski definition) is 0. The smallest absolute Gasteiger partial charge is 0.255 e. The van der Waals surface area contributed by atoms with E-state index in [1.54, 1.807) is 11.1 Å². The molecule has 1 unspecified atom stereocenters. The van der Waals surface area contributed by atoms with Crippen LogP contribution in [-0.4, -0.2) is 61.0 Å². The maximum Gasteiger partial charge on any atom is 0.255 e. The molecule has 2 aromatic rings. The van der Waals surface area contributed by atoms with E-state index in [0.717, 1.165) is 30.1 Å². The van der Waals surface area contributed by atoms with Crippen molar-refractivity contribution in [3.8, 4) is 0 Å². The number of nitrogens with zero attached hydrogens (tertiary/aromatic N) is 3. The molecular formula is C20H23N3O3S. The van der Waals surface area contributed by atoms with E-state index in [1.165, 1.54) is 11.3 Å². The number of carbonyl (C=O) groups is 2. The maximum absolute atomic E-state index is 12.7. The lowest BCUT2D eigenvalue weighted by molar-refractivity contribution is 0.0302. The average molecular weight is 385 g/mol. The van der Waals surface area contributed by atoms with Gasteiger partial charge in [-0.15, -0.1) is 11.3 Å². The molecule has 0 N–H and O–H groups in total. The number of carbonyl (C=O) groups excluding carboxylic acids is 2. The van der Waals surface area contributed by atoms with Gasteiger partial charge in [-0.25, -0.2) is 4.98 Å². The zero-order valence-corrected chi connectivity index (χ0v) is 16.0. The Hall–Kier alpha value is -2.25. The topological polar surface area (TPSA) is 62.7 Å². The van der Waals surface area contributed by atoms with Crippen LogP contribution in [0.5, 0.6) is 0 Å². The summed E-state index contributed by atoms with van der Waals surface area (Å²) < 4.78 is 5.30. The van der Waals surface area contributed by atoms with E-state index in [-0.39, 0.29) is 17.6 Å². The first kappa shape index (κ1) is 18.1. The molecule has 0 spiro atoms. The molecule has 0 aliphatic carbocycles. The molecule has 2 saturated heterocycles.